The average molecular weight is 336 g/mol. The molecule has 0 saturated carbocycles. The summed E-state index contributed by atoms with van der Waals surface area (Å²) in [5.41, 5.74) is 3.48. The largest absolute Gasteiger partial charge is 0.461 e. The molecule has 0 spiro atoms. The minimum absolute atomic E-state index is 0.204. The van der Waals surface area contributed by atoms with Crippen molar-refractivity contribution in [3.8, 4) is 0 Å². The molecule has 124 valence electrons. The van der Waals surface area contributed by atoms with Crippen LogP contribution < -0.4 is 0 Å². The van der Waals surface area contributed by atoms with Crippen molar-refractivity contribution in [3.05, 3.63) is 63.4 Å². The van der Waals surface area contributed by atoms with Crippen LogP contribution in [0.4, 0.5) is 0 Å². The van der Waals surface area contributed by atoms with Gasteiger partial charge in [0.1, 0.15) is 24.2 Å². The number of hydrogen-bond acceptors (Lipinski definition) is 6. The molecule has 2 aromatic heterocycles. The summed E-state index contributed by atoms with van der Waals surface area (Å²) in [6.07, 6.45) is 0.652. The highest BCUT2D eigenvalue weighted by Gasteiger charge is 2.12. The van der Waals surface area contributed by atoms with E-state index in [9.17, 15) is 15.3 Å². The van der Waals surface area contributed by atoms with Crippen LogP contribution in [0.25, 0.3) is 0 Å². The summed E-state index contributed by atoms with van der Waals surface area (Å²) in [4.78, 5) is 0.838. The second-order valence-electron chi connectivity index (χ2n) is 5.06. The van der Waals surface area contributed by atoms with E-state index in [1.165, 1.54) is 11.3 Å². The lowest BCUT2D eigenvalue weighted by atomic mass is 10.1. The molecule has 5 nitrogen and oxygen atoms in total. The molecule has 0 aliphatic heterocycles. The first-order valence-corrected chi connectivity index (χ1v) is 8.14. The Morgan fingerprint density at radius 1 is 1.22 bits per heavy atom. The van der Waals surface area contributed by atoms with Crippen molar-refractivity contribution in [1.29, 1.82) is 0 Å². The number of furan rings is 1. The van der Waals surface area contributed by atoms with Crippen LogP contribution in [0.2, 0.25) is 0 Å². The average Bonchev–Trinajstić information content (AvgIpc) is 3.24. The van der Waals surface area contributed by atoms with Gasteiger partial charge in [0.15, 0.2) is 0 Å². The van der Waals surface area contributed by atoms with E-state index in [0.29, 0.717) is 23.5 Å². The molecule has 2 aromatic rings. The standard InChI is InChI=1S/C17H20O5S/c18-10-12(9-15(21)17-5-2-8-23-17)3-1-4-14(20)16-7-6-13(11-19)22-16/h1-2,5-8,14-15,18-21H,4,9-11H2/t3?,14-,15-/m1/s1. The number of aliphatic hydroxyl groups is 4. The monoisotopic (exact) mass is 336 g/mol. The predicted octanol–water partition coefficient (Wildman–Crippen LogP) is 2.45. The summed E-state index contributed by atoms with van der Waals surface area (Å²) in [6.45, 7) is -0.415. The zero-order valence-electron chi connectivity index (χ0n) is 12.6. The van der Waals surface area contributed by atoms with E-state index in [-0.39, 0.29) is 19.6 Å². The minimum atomic E-state index is -0.843. The van der Waals surface area contributed by atoms with Gasteiger partial charge in [-0.2, -0.15) is 0 Å². The summed E-state index contributed by atoms with van der Waals surface area (Å²) in [7, 11) is 0. The number of thiophene rings is 1. The van der Waals surface area contributed by atoms with Crippen LogP contribution in [-0.2, 0) is 6.61 Å². The topological polar surface area (TPSA) is 94.1 Å². The lowest BCUT2D eigenvalue weighted by Gasteiger charge is -2.08. The van der Waals surface area contributed by atoms with Gasteiger partial charge in [-0.1, -0.05) is 6.07 Å². The van der Waals surface area contributed by atoms with Gasteiger partial charge < -0.3 is 24.8 Å². The van der Waals surface area contributed by atoms with E-state index in [2.05, 4.69) is 5.73 Å². The molecule has 2 atom stereocenters. The first-order valence-electron chi connectivity index (χ1n) is 7.26. The van der Waals surface area contributed by atoms with Gasteiger partial charge in [0.25, 0.3) is 0 Å². The third-order valence-electron chi connectivity index (χ3n) is 3.32. The van der Waals surface area contributed by atoms with Gasteiger partial charge in [0.05, 0.1) is 12.7 Å². The Balaban J connectivity index is 1.95. The predicted molar refractivity (Wildman–Crippen MR) is 86.8 cm³/mol. The molecule has 0 saturated heterocycles. The van der Waals surface area contributed by atoms with Gasteiger partial charge in [0, 0.05) is 17.7 Å². The van der Waals surface area contributed by atoms with Gasteiger partial charge in [0.2, 0.25) is 0 Å². The number of rotatable bonds is 8. The van der Waals surface area contributed by atoms with Gasteiger partial charge in [-0.05, 0) is 35.2 Å². The molecule has 0 fully saturated rings. The van der Waals surface area contributed by atoms with Crippen molar-refractivity contribution < 1.29 is 24.8 Å². The maximum absolute atomic E-state index is 10.1. The molecular formula is C17H20O5S. The molecular weight excluding hydrogens is 316 g/mol. The van der Waals surface area contributed by atoms with Crippen LogP contribution in [-0.4, -0.2) is 27.0 Å². The van der Waals surface area contributed by atoms with Crippen LogP contribution in [0.15, 0.2) is 51.4 Å². The highest BCUT2D eigenvalue weighted by Crippen LogP contribution is 2.25. The minimum Gasteiger partial charge on any atom is -0.461 e. The molecule has 2 rings (SSSR count). The summed E-state index contributed by atoms with van der Waals surface area (Å²) in [5.74, 6) is 0.768. The highest BCUT2D eigenvalue weighted by atomic mass is 32.1. The van der Waals surface area contributed by atoms with Gasteiger partial charge in [-0.15, -0.1) is 17.1 Å². The Labute approximate surface area is 138 Å². The molecule has 0 unspecified atom stereocenters. The maximum atomic E-state index is 10.1. The second kappa shape index (κ2) is 8.84. The first-order chi connectivity index (χ1) is 11.1. The zero-order chi connectivity index (χ0) is 16.7. The fraction of sp³-hybridized carbons (Fsp3) is 0.353. The van der Waals surface area contributed by atoms with E-state index < -0.39 is 12.2 Å². The van der Waals surface area contributed by atoms with Crippen LogP contribution in [0.1, 0.15) is 41.4 Å². The van der Waals surface area contributed by atoms with Gasteiger partial charge in [-0.25, -0.2) is 0 Å². The Bertz CT molecular complexity index is 652. The molecule has 23 heavy (non-hydrogen) atoms. The fourth-order valence-corrected chi connectivity index (χ4v) is 2.79. The smallest absolute Gasteiger partial charge is 0.133 e. The maximum Gasteiger partial charge on any atom is 0.133 e. The third-order valence-corrected chi connectivity index (χ3v) is 4.29. The zero-order valence-corrected chi connectivity index (χ0v) is 13.4. The Morgan fingerprint density at radius 3 is 2.65 bits per heavy atom. The van der Waals surface area contributed by atoms with Crippen molar-refractivity contribution in [2.45, 2.75) is 31.7 Å². The molecule has 4 N–H and O–H groups in total. The fourth-order valence-electron chi connectivity index (χ4n) is 2.07. The molecule has 6 heteroatoms. The Morgan fingerprint density at radius 2 is 2.04 bits per heavy atom. The third kappa shape index (κ3) is 5.18. The summed E-state index contributed by atoms with van der Waals surface area (Å²) in [5, 5.41) is 40.2. The molecule has 0 amide bonds. The van der Waals surface area contributed by atoms with Crippen molar-refractivity contribution in [3.63, 3.8) is 0 Å². The van der Waals surface area contributed by atoms with E-state index in [1.807, 2.05) is 17.5 Å². The van der Waals surface area contributed by atoms with E-state index in [0.717, 1.165) is 4.88 Å². The Hall–Kier alpha value is -1.66. The van der Waals surface area contributed by atoms with E-state index >= 15 is 0 Å². The molecule has 0 aromatic carbocycles. The second-order valence-corrected chi connectivity index (χ2v) is 6.04. The normalized spacial score (nSPS) is 13.4. The highest BCUT2D eigenvalue weighted by molar-refractivity contribution is 7.10. The van der Waals surface area contributed by atoms with Crippen LogP contribution in [0.3, 0.4) is 0 Å². The number of hydrogen-bond donors (Lipinski definition) is 4. The van der Waals surface area contributed by atoms with Crippen molar-refractivity contribution in [2.75, 3.05) is 6.61 Å². The van der Waals surface area contributed by atoms with Crippen LogP contribution in [0.5, 0.6) is 0 Å². The number of aliphatic hydroxyl groups excluding tert-OH is 4. The van der Waals surface area contributed by atoms with Gasteiger partial charge >= 0.3 is 0 Å². The molecule has 0 aliphatic rings. The van der Waals surface area contributed by atoms with E-state index in [1.54, 1.807) is 18.2 Å². The van der Waals surface area contributed by atoms with Crippen molar-refractivity contribution in [2.24, 2.45) is 0 Å². The van der Waals surface area contributed by atoms with E-state index in [4.69, 9.17) is 9.52 Å². The molecule has 0 radical (unpaired) electrons. The summed E-state index contributed by atoms with van der Waals surface area (Å²) in [6, 6.07) is 6.92. The van der Waals surface area contributed by atoms with Gasteiger partial charge in [-0.3, -0.25) is 0 Å². The SMILES string of the molecule is OCC(=C=CC[C@@H](O)c1ccc(CO)o1)C[C@@H](O)c1cccs1. The molecule has 0 aliphatic carbocycles. The van der Waals surface area contributed by atoms with Crippen molar-refractivity contribution >= 4 is 11.3 Å². The summed E-state index contributed by atoms with van der Waals surface area (Å²) >= 11 is 1.46. The Kier molecular flexibility index (Phi) is 6.80. The molecule has 2 heterocycles. The first kappa shape index (κ1) is 17.7. The molecule has 0 bridgehead atoms. The quantitative estimate of drug-likeness (QED) is 0.556. The van der Waals surface area contributed by atoms with Crippen LogP contribution >= 0.6 is 11.3 Å². The van der Waals surface area contributed by atoms with Crippen molar-refractivity contribution in [1.82, 2.24) is 0 Å². The lowest BCUT2D eigenvalue weighted by Crippen LogP contribution is -1.99. The van der Waals surface area contributed by atoms with Crippen LogP contribution in [0, 0.1) is 0 Å². The summed E-state index contributed by atoms with van der Waals surface area (Å²) < 4.78 is 5.25. The lowest BCUT2D eigenvalue weighted by molar-refractivity contribution is 0.145.